The number of aryl methyl sites for hydroxylation is 1. The van der Waals surface area contributed by atoms with E-state index in [1.54, 1.807) is 42.6 Å². The Kier molecular flexibility index (Phi) is 6.74. The van der Waals surface area contributed by atoms with E-state index in [2.05, 4.69) is 4.98 Å². The molecule has 1 heterocycles. The number of carbonyl (C=O) groups is 2. The lowest BCUT2D eigenvalue weighted by Crippen LogP contribution is -2.09. The van der Waals surface area contributed by atoms with Crippen molar-refractivity contribution < 1.29 is 28.9 Å². The van der Waals surface area contributed by atoms with E-state index in [9.17, 15) is 9.59 Å². The molecule has 0 fully saturated rings. The number of fused-ring (bicyclic) bond motifs is 1. The van der Waals surface area contributed by atoms with Crippen molar-refractivity contribution in [3.05, 3.63) is 59.4 Å². The van der Waals surface area contributed by atoms with Gasteiger partial charge in [-0.15, -0.1) is 0 Å². The van der Waals surface area contributed by atoms with Gasteiger partial charge in [0.25, 0.3) is 0 Å². The average Bonchev–Trinajstić information content (AvgIpc) is 2.75. The molecule has 1 N–H and O–H groups in total. The average molecular weight is 423 g/mol. The number of carboxylic acid groups (broad SMARTS) is 1. The molecule has 31 heavy (non-hydrogen) atoms. The molecule has 0 bridgehead atoms. The molecule has 0 saturated heterocycles. The molecule has 0 aliphatic rings. The maximum atomic E-state index is 13.3. The van der Waals surface area contributed by atoms with Gasteiger partial charge in [-0.1, -0.05) is 12.1 Å². The topological polar surface area (TPSA) is 95.0 Å². The highest BCUT2D eigenvalue weighted by atomic mass is 16.5. The smallest absolute Gasteiger partial charge is 0.303 e. The summed E-state index contributed by atoms with van der Waals surface area (Å²) in [5.41, 5.74) is 1.41. The Bertz CT molecular complexity index is 1120. The van der Waals surface area contributed by atoms with Crippen LogP contribution >= 0.6 is 0 Å². The number of ether oxygens (including phenoxy) is 3. The van der Waals surface area contributed by atoms with Gasteiger partial charge >= 0.3 is 5.97 Å². The molecule has 0 unspecified atom stereocenters. The van der Waals surface area contributed by atoms with Gasteiger partial charge in [-0.25, -0.2) is 0 Å². The van der Waals surface area contributed by atoms with Gasteiger partial charge in [0.2, 0.25) is 5.78 Å². The van der Waals surface area contributed by atoms with Gasteiger partial charge in [0.15, 0.2) is 11.5 Å². The molecular formula is C24H25NO6. The summed E-state index contributed by atoms with van der Waals surface area (Å²) in [7, 11) is 3.04. The second-order valence-electron chi connectivity index (χ2n) is 7.30. The van der Waals surface area contributed by atoms with Gasteiger partial charge in [0, 0.05) is 23.6 Å². The van der Waals surface area contributed by atoms with Gasteiger partial charge in [0.05, 0.1) is 20.3 Å². The molecule has 162 valence electrons. The minimum absolute atomic E-state index is 0.0189. The monoisotopic (exact) mass is 423 g/mol. The van der Waals surface area contributed by atoms with Gasteiger partial charge in [0.1, 0.15) is 11.4 Å². The van der Waals surface area contributed by atoms with Crippen molar-refractivity contribution in [1.29, 1.82) is 0 Å². The highest BCUT2D eigenvalue weighted by Gasteiger charge is 2.20. The fourth-order valence-corrected chi connectivity index (χ4v) is 3.36. The van der Waals surface area contributed by atoms with Crippen LogP contribution in [0.2, 0.25) is 0 Å². The van der Waals surface area contributed by atoms with Crippen molar-refractivity contribution >= 4 is 22.5 Å². The first-order valence-corrected chi connectivity index (χ1v) is 9.90. The molecule has 2 aromatic carbocycles. The zero-order chi connectivity index (χ0) is 22.5. The van der Waals surface area contributed by atoms with Crippen LogP contribution in [0, 0.1) is 0 Å². The predicted molar refractivity (Wildman–Crippen MR) is 116 cm³/mol. The van der Waals surface area contributed by atoms with E-state index >= 15 is 0 Å². The van der Waals surface area contributed by atoms with Gasteiger partial charge < -0.3 is 19.3 Å². The van der Waals surface area contributed by atoms with Gasteiger partial charge in [-0.3, -0.25) is 14.6 Å². The maximum absolute atomic E-state index is 13.3. The summed E-state index contributed by atoms with van der Waals surface area (Å²) in [6.45, 7) is 3.83. The van der Waals surface area contributed by atoms with Crippen LogP contribution in [-0.2, 0) is 11.2 Å². The summed E-state index contributed by atoms with van der Waals surface area (Å²) in [6.07, 6.45) is 1.77. The van der Waals surface area contributed by atoms with Crippen LogP contribution in [-0.4, -0.2) is 42.2 Å². The first-order valence-electron chi connectivity index (χ1n) is 9.90. The number of hydrogen-bond donors (Lipinski definition) is 1. The van der Waals surface area contributed by atoms with Crippen LogP contribution in [0.1, 0.15) is 41.9 Å². The van der Waals surface area contributed by atoms with Crippen LogP contribution < -0.4 is 14.2 Å². The van der Waals surface area contributed by atoms with E-state index in [1.807, 2.05) is 13.8 Å². The van der Waals surface area contributed by atoms with Crippen molar-refractivity contribution in [3.8, 4) is 17.2 Å². The maximum Gasteiger partial charge on any atom is 0.303 e. The molecule has 0 amide bonds. The van der Waals surface area contributed by atoms with Crippen molar-refractivity contribution in [1.82, 2.24) is 4.98 Å². The van der Waals surface area contributed by atoms with E-state index in [0.29, 0.717) is 39.1 Å². The zero-order valence-electron chi connectivity index (χ0n) is 18.0. The second-order valence-corrected chi connectivity index (χ2v) is 7.30. The summed E-state index contributed by atoms with van der Waals surface area (Å²) in [5.74, 6) is 0.371. The molecule has 0 atom stereocenters. The quantitative estimate of drug-likeness (QED) is 0.513. The highest BCUT2D eigenvalue weighted by Crippen LogP contribution is 2.35. The number of rotatable bonds is 9. The van der Waals surface area contributed by atoms with E-state index in [4.69, 9.17) is 19.3 Å². The van der Waals surface area contributed by atoms with E-state index in [-0.39, 0.29) is 30.4 Å². The summed E-state index contributed by atoms with van der Waals surface area (Å²) in [6, 6.07) is 10.4. The number of methoxy groups -OCH3 is 2. The predicted octanol–water partition coefficient (Wildman–Crippen LogP) is 4.29. The molecule has 0 spiro atoms. The molecule has 1 aromatic heterocycles. The summed E-state index contributed by atoms with van der Waals surface area (Å²) < 4.78 is 16.5. The number of carboxylic acids is 1. The molecule has 0 saturated carbocycles. The first kappa shape index (κ1) is 22.1. The number of aromatic nitrogens is 1. The standard InChI is InChI=1S/C24H25NO6/c1-14(2)31-17-7-5-6-15(10-17)24(28)23-19-12-21(30-4)20(29-3)11-18(19)16(13-25-23)8-9-22(26)27/h5-7,10-14H,8-9H2,1-4H3,(H,26,27). The fourth-order valence-electron chi connectivity index (χ4n) is 3.36. The third-order valence-electron chi connectivity index (χ3n) is 4.77. The SMILES string of the molecule is COc1cc2c(CCC(=O)O)cnc(C(=O)c3cccc(OC(C)C)c3)c2cc1OC. The fraction of sp³-hybridized carbons (Fsp3) is 0.292. The normalized spacial score (nSPS) is 10.9. The van der Waals surface area contributed by atoms with E-state index in [0.717, 1.165) is 0 Å². The Labute approximate surface area is 180 Å². The van der Waals surface area contributed by atoms with Crippen LogP contribution in [0.25, 0.3) is 10.8 Å². The lowest BCUT2D eigenvalue weighted by molar-refractivity contribution is -0.136. The number of pyridine rings is 1. The first-order chi connectivity index (χ1) is 14.8. The van der Waals surface area contributed by atoms with Crippen molar-refractivity contribution in [3.63, 3.8) is 0 Å². The third-order valence-corrected chi connectivity index (χ3v) is 4.77. The highest BCUT2D eigenvalue weighted by molar-refractivity contribution is 6.15. The molecule has 3 rings (SSSR count). The second kappa shape index (κ2) is 9.47. The van der Waals surface area contributed by atoms with Crippen LogP contribution in [0.5, 0.6) is 17.2 Å². The van der Waals surface area contributed by atoms with E-state index < -0.39 is 5.97 Å². The number of hydrogen-bond acceptors (Lipinski definition) is 6. The van der Waals surface area contributed by atoms with Crippen molar-refractivity contribution in [2.75, 3.05) is 14.2 Å². The Balaban J connectivity index is 2.14. The summed E-state index contributed by atoms with van der Waals surface area (Å²) >= 11 is 0. The molecule has 0 radical (unpaired) electrons. The molecule has 0 aliphatic carbocycles. The summed E-state index contributed by atoms with van der Waals surface area (Å²) in [4.78, 5) is 28.8. The number of carbonyl (C=O) groups excluding carboxylic acids is 1. The Hall–Kier alpha value is -3.61. The third kappa shape index (κ3) is 4.94. The van der Waals surface area contributed by atoms with Crippen LogP contribution in [0.3, 0.4) is 0 Å². The number of aliphatic carboxylic acids is 1. The molecule has 0 aliphatic heterocycles. The van der Waals surface area contributed by atoms with Gasteiger partial charge in [-0.2, -0.15) is 0 Å². The van der Waals surface area contributed by atoms with E-state index in [1.165, 1.54) is 14.2 Å². The number of benzene rings is 2. The summed E-state index contributed by atoms with van der Waals surface area (Å²) in [5, 5.41) is 10.3. The molecular weight excluding hydrogens is 398 g/mol. The van der Waals surface area contributed by atoms with Gasteiger partial charge in [-0.05, 0) is 55.5 Å². The number of ketones is 1. The molecule has 7 heteroatoms. The largest absolute Gasteiger partial charge is 0.493 e. The number of nitrogens with zero attached hydrogens (tertiary/aromatic N) is 1. The lowest BCUT2D eigenvalue weighted by atomic mass is 9.97. The Morgan fingerprint density at radius 2 is 1.71 bits per heavy atom. The zero-order valence-corrected chi connectivity index (χ0v) is 18.0. The van der Waals surface area contributed by atoms with Crippen LogP contribution in [0.4, 0.5) is 0 Å². The minimum Gasteiger partial charge on any atom is -0.493 e. The van der Waals surface area contributed by atoms with Crippen molar-refractivity contribution in [2.45, 2.75) is 32.8 Å². The molecule has 3 aromatic rings. The Morgan fingerprint density at radius 3 is 2.32 bits per heavy atom. The van der Waals surface area contributed by atoms with Crippen molar-refractivity contribution in [2.24, 2.45) is 0 Å². The minimum atomic E-state index is -0.907. The Morgan fingerprint density at radius 1 is 1.03 bits per heavy atom. The van der Waals surface area contributed by atoms with Crippen LogP contribution in [0.15, 0.2) is 42.6 Å². The lowest BCUT2D eigenvalue weighted by Gasteiger charge is -2.14. The molecule has 7 nitrogen and oxygen atoms in total.